The highest BCUT2D eigenvalue weighted by Crippen LogP contribution is 2.24. The zero-order chi connectivity index (χ0) is 21.9. The highest BCUT2D eigenvalue weighted by Gasteiger charge is 2.29. The molecule has 164 valence electrons. The van der Waals surface area contributed by atoms with E-state index in [0.29, 0.717) is 29.8 Å². The van der Waals surface area contributed by atoms with Gasteiger partial charge in [0.1, 0.15) is 5.82 Å². The lowest BCUT2D eigenvalue weighted by atomic mass is 10.00. The van der Waals surface area contributed by atoms with E-state index in [1.807, 2.05) is 23.0 Å². The predicted molar refractivity (Wildman–Crippen MR) is 123 cm³/mol. The van der Waals surface area contributed by atoms with Crippen LogP contribution in [0.25, 0.3) is 11.1 Å². The molecule has 0 bridgehead atoms. The van der Waals surface area contributed by atoms with Crippen molar-refractivity contribution >= 4 is 17.4 Å². The first-order chi connectivity index (χ1) is 15.7. The molecule has 1 saturated heterocycles. The minimum Gasteiger partial charge on any atom is -0.360 e. The van der Waals surface area contributed by atoms with Gasteiger partial charge in [0.2, 0.25) is 0 Å². The Balaban J connectivity index is 1.24. The number of pyridine rings is 1. The first-order valence-electron chi connectivity index (χ1n) is 11.3. The third-order valence-electron chi connectivity index (χ3n) is 6.37. The highest BCUT2D eigenvalue weighted by atomic mass is 16.1. The molecular formula is C25H27N5O2. The summed E-state index contributed by atoms with van der Waals surface area (Å²) in [6.45, 7) is 4.30. The average molecular weight is 430 g/mol. The second-order valence-corrected chi connectivity index (χ2v) is 8.54. The number of nitrogens with zero attached hydrogens (tertiary/aromatic N) is 4. The monoisotopic (exact) mass is 429 g/mol. The van der Waals surface area contributed by atoms with Crippen LogP contribution in [-0.4, -0.2) is 56.9 Å². The van der Waals surface area contributed by atoms with Crippen LogP contribution >= 0.6 is 0 Å². The second-order valence-electron chi connectivity index (χ2n) is 8.54. The van der Waals surface area contributed by atoms with E-state index >= 15 is 0 Å². The van der Waals surface area contributed by atoms with E-state index < -0.39 is 6.04 Å². The number of Topliss-reactive ketones (excluding diaryl/α,β-unsaturated/α-hetero) is 2. The van der Waals surface area contributed by atoms with Gasteiger partial charge in [0, 0.05) is 47.6 Å². The molecule has 0 radical (unpaired) electrons. The number of likely N-dealkylation sites (tertiary alicyclic amines) is 1. The molecule has 1 unspecified atom stereocenters. The van der Waals surface area contributed by atoms with E-state index in [2.05, 4.69) is 26.5 Å². The van der Waals surface area contributed by atoms with E-state index in [0.717, 1.165) is 24.2 Å². The maximum absolute atomic E-state index is 13.0. The fourth-order valence-electron chi connectivity index (χ4n) is 4.52. The average Bonchev–Trinajstić information content (AvgIpc) is 3.50. The van der Waals surface area contributed by atoms with Gasteiger partial charge in [0.05, 0.1) is 18.8 Å². The van der Waals surface area contributed by atoms with Crippen LogP contribution in [0.4, 0.5) is 5.82 Å². The molecular weight excluding hydrogens is 402 g/mol. The lowest BCUT2D eigenvalue weighted by Gasteiger charge is -2.16. The molecule has 3 aromatic rings. The molecule has 0 spiro atoms. The van der Waals surface area contributed by atoms with Crippen molar-refractivity contribution in [2.45, 2.75) is 38.3 Å². The van der Waals surface area contributed by atoms with Crippen LogP contribution in [0, 0.1) is 0 Å². The second kappa shape index (κ2) is 9.04. The molecule has 0 saturated carbocycles. The van der Waals surface area contributed by atoms with Crippen LogP contribution < -0.4 is 5.32 Å². The van der Waals surface area contributed by atoms with Gasteiger partial charge < -0.3 is 10.2 Å². The van der Waals surface area contributed by atoms with Crippen LogP contribution in [0.1, 0.15) is 46.4 Å². The fourth-order valence-corrected chi connectivity index (χ4v) is 4.52. The predicted octanol–water partition coefficient (Wildman–Crippen LogP) is 3.68. The van der Waals surface area contributed by atoms with Gasteiger partial charge in [-0.05, 0) is 44.5 Å². The molecule has 2 aromatic heterocycles. The minimum atomic E-state index is -0.464. The highest BCUT2D eigenvalue weighted by molar-refractivity contribution is 6.13. The molecule has 0 amide bonds. The van der Waals surface area contributed by atoms with Crippen LogP contribution in [0.3, 0.4) is 0 Å². The first kappa shape index (κ1) is 20.6. The van der Waals surface area contributed by atoms with E-state index in [1.165, 1.54) is 25.9 Å². The number of nitrogens with one attached hydrogen (secondary N) is 1. The number of hydrogen-bond donors (Lipinski definition) is 1. The Kier molecular flexibility index (Phi) is 5.81. The zero-order valence-electron chi connectivity index (χ0n) is 18.0. The number of anilines is 1. The van der Waals surface area contributed by atoms with Crippen molar-refractivity contribution < 1.29 is 9.59 Å². The van der Waals surface area contributed by atoms with Crippen LogP contribution in [0.2, 0.25) is 0 Å². The topological polar surface area (TPSA) is 80.1 Å². The van der Waals surface area contributed by atoms with Gasteiger partial charge in [0.15, 0.2) is 11.6 Å². The number of carbonyl (C=O) groups excluding carboxylic acids is 2. The zero-order valence-corrected chi connectivity index (χ0v) is 18.0. The third-order valence-corrected chi connectivity index (χ3v) is 6.37. The van der Waals surface area contributed by atoms with Crippen molar-refractivity contribution in [3.05, 3.63) is 66.1 Å². The molecule has 5 rings (SSSR count). The molecule has 7 heteroatoms. The van der Waals surface area contributed by atoms with Crippen LogP contribution in [-0.2, 0) is 6.54 Å². The Morgan fingerprint density at radius 1 is 0.938 bits per heavy atom. The van der Waals surface area contributed by atoms with Gasteiger partial charge >= 0.3 is 0 Å². The lowest BCUT2D eigenvalue weighted by Crippen LogP contribution is -2.29. The molecule has 1 aliphatic carbocycles. The summed E-state index contributed by atoms with van der Waals surface area (Å²) in [6, 6.07) is 10.5. The Bertz CT molecular complexity index is 1120. The molecule has 32 heavy (non-hydrogen) atoms. The number of ketones is 2. The summed E-state index contributed by atoms with van der Waals surface area (Å²) in [5, 5.41) is 7.72. The quantitative estimate of drug-likeness (QED) is 0.602. The summed E-state index contributed by atoms with van der Waals surface area (Å²) < 4.78 is 1.98. The molecule has 2 aliphatic rings. The maximum atomic E-state index is 13.0. The van der Waals surface area contributed by atoms with E-state index in [-0.39, 0.29) is 11.6 Å². The minimum absolute atomic E-state index is 0.0169. The lowest BCUT2D eigenvalue weighted by molar-refractivity contribution is 0.0967. The van der Waals surface area contributed by atoms with Gasteiger partial charge in [-0.25, -0.2) is 4.98 Å². The summed E-state index contributed by atoms with van der Waals surface area (Å²) in [4.78, 5) is 32.3. The molecule has 3 heterocycles. The summed E-state index contributed by atoms with van der Waals surface area (Å²) >= 11 is 0. The number of aromatic nitrogens is 3. The molecule has 1 atom stereocenters. The number of hydrogen-bond acceptors (Lipinski definition) is 6. The van der Waals surface area contributed by atoms with Crippen LogP contribution in [0.15, 0.2) is 55.0 Å². The van der Waals surface area contributed by atoms with Gasteiger partial charge in [-0.2, -0.15) is 5.10 Å². The number of fused-ring (bicyclic) bond motifs is 1. The van der Waals surface area contributed by atoms with Crippen molar-refractivity contribution in [1.82, 2.24) is 19.7 Å². The Hall–Kier alpha value is -3.32. The standard InChI is InChI=1S/C25H27N5O2/c31-23-9-8-22(25(32)21-6-2-1-5-20(21)23)28-24-10-7-18(15-26-24)19-16-27-30(17-19)14-13-29-11-3-4-12-29/h1-2,5-7,10,15-17,22H,3-4,8-9,11-14H2,(H,26,28). The van der Waals surface area contributed by atoms with Crippen molar-refractivity contribution in [2.24, 2.45) is 0 Å². The van der Waals surface area contributed by atoms with Crippen LogP contribution in [0.5, 0.6) is 0 Å². The molecule has 1 aromatic carbocycles. The number of carbonyl (C=O) groups is 2. The van der Waals surface area contributed by atoms with E-state index in [9.17, 15) is 9.59 Å². The first-order valence-corrected chi connectivity index (χ1v) is 11.3. The summed E-state index contributed by atoms with van der Waals surface area (Å²) in [7, 11) is 0. The Morgan fingerprint density at radius 2 is 1.75 bits per heavy atom. The van der Waals surface area contributed by atoms with Gasteiger partial charge in [-0.15, -0.1) is 0 Å². The summed E-state index contributed by atoms with van der Waals surface area (Å²) in [5.74, 6) is 0.584. The van der Waals surface area contributed by atoms with E-state index in [4.69, 9.17) is 0 Å². The van der Waals surface area contributed by atoms with E-state index in [1.54, 1.807) is 30.5 Å². The molecule has 7 nitrogen and oxygen atoms in total. The van der Waals surface area contributed by atoms with Crippen molar-refractivity contribution in [2.75, 3.05) is 25.0 Å². The summed E-state index contributed by atoms with van der Waals surface area (Å²) in [5.41, 5.74) is 3.02. The number of rotatable bonds is 6. The van der Waals surface area contributed by atoms with Crippen molar-refractivity contribution in [1.29, 1.82) is 0 Å². The number of benzene rings is 1. The van der Waals surface area contributed by atoms with Crippen molar-refractivity contribution in [3.63, 3.8) is 0 Å². The smallest absolute Gasteiger partial charge is 0.185 e. The molecule has 1 aliphatic heterocycles. The summed E-state index contributed by atoms with van der Waals surface area (Å²) in [6.07, 6.45) is 9.11. The van der Waals surface area contributed by atoms with Gasteiger partial charge in [0.25, 0.3) is 0 Å². The SMILES string of the molecule is O=C1CCC(Nc2ccc(-c3cnn(CCN4CCCC4)c3)cn2)C(=O)c2ccccc21. The third kappa shape index (κ3) is 4.34. The Labute approximate surface area is 187 Å². The Morgan fingerprint density at radius 3 is 2.53 bits per heavy atom. The normalized spacial score (nSPS) is 19.1. The molecule has 1 fully saturated rings. The molecule has 1 N–H and O–H groups in total. The maximum Gasteiger partial charge on any atom is 0.185 e. The largest absolute Gasteiger partial charge is 0.360 e. The fraction of sp³-hybridized carbons (Fsp3) is 0.360. The van der Waals surface area contributed by atoms with Gasteiger partial charge in [-0.1, -0.05) is 24.3 Å². The van der Waals surface area contributed by atoms with Crippen molar-refractivity contribution in [3.8, 4) is 11.1 Å². The van der Waals surface area contributed by atoms with Gasteiger partial charge in [-0.3, -0.25) is 14.3 Å².